The van der Waals surface area contributed by atoms with Gasteiger partial charge in [0.1, 0.15) is 12.4 Å². The van der Waals surface area contributed by atoms with Crippen molar-refractivity contribution < 1.29 is 27.8 Å². The normalized spacial score (nSPS) is 16.2. The molecule has 1 aliphatic heterocycles. The Bertz CT molecular complexity index is 1080. The van der Waals surface area contributed by atoms with E-state index in [1.54, 1.807) is 18.2 Å². The van der Waals surface area contributed by atoms with Crippen LogP contribution in [0.4, 0.5) is 13.2 Å². The van der Waals surface area contributed by atoms with E-state index < -0.39 is 18.1 Å². The summed E-state index contributed by atoms with van der Waals surface area (Å²) in [7, 11) is 1.83. The zero-order chi connectivity index (χ0) is 24.8. The molecule has 3 aromatic rings. The number of hydrogen-bond donors (Lipinski definition) is 1. The summed E-state index contributed by atoms with van der Waals surface area (Å²) >= 11 is 0. The first kappa shape index (κ1) is 25.4. The number of para-hydroxylation sites is 2. The van der Waals surface area contributed by atoms with Crippen LogP contribution >= 0.6 is 0 Å². The Morgan fingerprint density at radius 2 is 1.83 bits per heavy atom. The van der Waals surface area contributed by atoms with Crippen molar-refractivity contribution in [2.75, 3.05) is 53.0 Å². The molecule has 0 saturated carbocycles. The third-order valence-electron chi connectivity index (χ3n) is 5.98. The van der Waals surface area contributed by atoms with E-state index in [1.165, 1.54) is 6.07 Å². The van der Waals surface area contributed by atoms with E-state index in [2.05, 4.69) is 9.88 Å². The van der Waals surface area contributed by atoms with Crippen LogP contribution in [0.25, 0.3) is 11.0 Å². The molecule has 7 nitrogen and oxygen atoms in total. The van der Waals surface area contributed by atoms with Crippen molar-refractivity contribution >= 4 is 11.0 Å². The van der Waals surface area contributed by atoms with Gasteiger partial charge >= 0.3 is 6.18 Å². The molecule has 1 N–H and O–H groups in total. The third-order valence-corrected chi connectivity index (χ3v) is 5.98. The number of morpholine rings is 1. The van der Waals surface area contributed by atoms with Crippen LogP contribution in [-0.4, -0.2) is 83.6 Å². The topological polar surface area (TPSA) is 63.0 Å². The molecule has 0 unspecified atom stereocenters. The Kier molecular flexibility index (Phi) is 8.27. The fraction of sp³-hybridized carbons (Fsp3) is 0.480. The predicted molar refractivity (Wildman–Crippen MR) is 126 cm³/mol. The van der Waals surface area contributed by atoms with Gasteiger partial charge in [0.05, 0.1) is 36.9 Å². The summed E-state index contributed by atoms with van der Waals surface area (Å²) in [6.07, 6.45) is -5.60. The summed E-state index contributed by atoms with van der Waals surface area (Å²) in [5.74, 6) is -0.207. The number of rotatable bonds is 10. The van der Waals surface area contributed by atoms with Crippen molar-refractivity contribution in [1.82, 2.24) is 19.4 Å². The van der Waals surface area contributed by atoms with E-state index in [0.717, 1.165) is 48.7 Å². The molecule has 0 radical (unpaired) electrons. The standard InChI is InChI=1S/C25H31F3N4O3/c1-30(16-19-6-8-21(9-7-19)35-15-12-31-10-13-34-14-11-31)17-20(33)18-32-23-5-3-2-4-22(23)29-24(32)25(26,27)28/h2-9,20,33H,10-18H2,1H3/t20-/m1/s1. The van der Waals surface area contributed by atoms with Gasteiger partial charge in [0.25, 0.3) is 0 Å². The molecule has 1 saturated heterocycles. The summed E-state index contributed by atoms with van der Waals surface area (Å²) in [4.78, 5) is 7.92. The van der Waals surface area contributed by atoms with Gasteiger partial charge in [-0.3, -0.25) is 9.80 Å². The largest absolute Gasteiger partial charge is 0.492 e. The number of halogens is 3. The highest BCUT2D eigenvalue weighted by molar-refractivity contribution is 5.76. The van der Waals surface area contributed by atoms with E-state index in [0.29, 0.717) is 18.7 Å². The third kappa shape index (κ3) is 6.94. The molecule has 1 fully saturated rings. The number of nitrogens with zero attached hydrogens (tertiary/aromatic N) is 4. The minimum atomic E-state index is -4.60. The van der Waals surface area contributed by atoms with Gasteiger partial charge in [-0.15, -0.1) is 0 Å². The van der Waals surface area contributed by atoms with Crippen molar-refractivity contribution in [2.45, 2.75) is 25.4 Å². The Morgan fingerprint density at radius 1 is 1.11 bits per heavy atom. The second kappa shape index (κ2) is 11.4. The Labute approximate surface area is 202 Å². The summed E-state index contributed by atoms with van der Waals surface area (Å²) in [6, 6.07) is 14.2. The van der Waals surface area contributed by atoms with E-state index in [4.69, 9.17) is 9.47 Å². The number of fused-ring (bicyclic) bond motifs is 1. The summed E-state index contributed by atoms with van der Waals surface area (Å²) in [5.41, 5.74) is 1.63. The number of ether oxygens (including phenoxy) is 2. The number of benzene rings is 2. The lowest BCUT2D eigenvalue weighted by molar-refractivity contribution is -0.147. The molecule has 10 heteroatoms. The van der Waals surface area contributed by atoms with Gasteiger partial charge in [-0.25, -0.2) is 4.98 Å². The molecule has 0 aliphatic carbocycles. The van der Waals surface area contributed by atoms with Crippen molar-refractivity contribution in [2.24, 2.45) is 0 Å². The molecular weight excluding hydrogens is 461 g/mol. The minimum absolute atomic E-state index is 0.199. The summed E-state index contributed by atoms with van der Waals surface area (Å²) < 4.78 is 52.7. The summed E-state index contributed by atoms with van der Waals surface area (Å²) in [5, 5.41) is 10.6. The fourth-order valence-corrected chi connectivity index (χ4v) is 4.29. The molecule has 1 aliphatic rings. The van der Waals surface area contributed by atoms with Gasteiger partial charge in [0.2, 0.25) is 5.82 Å². The van der Waals surface area contributed by atoms with Gasteiger partial charge in [0.15, 0.2) is 0 Å². The highest BCUT2D eigenvalue weighted by Gasteiger charge is 2.38. The number of aromatic nitrogens is 2. The lowest BCUT2D eigenvalue weighted by Gasteiger charge is -2.26. The highest BCUT2D eigenvalue weighted by Crippen LogP contribution is 2.31. The zero-order valence-corrected chi connectivity index (χ0v) is 19.7. The second-order valence-electron chi connectivity index (χ2n) is 8.83. The van der Waals surface area contributed by atoms with E-state index >= 15 is 0 Å². The highest BCUT2D eigenvalue weighted by atomic mass is 19.4. The van der Waals surface area contributed by atoms with E-state index in [1.807, 2.05) is 36.2 Å². The number of likely N-dealkylation sites (N-methyl/N-ethyl adjacent to an activating group) is 1. The number of hydrogen-bond acceptors (Lipinski definition) is 6. The Balaban J connectivity index is 1.28. The van der Waals surface area contributed by atoms with Crippen LogP contribution in [0.5, 0.6) is 5.75 Å². The minimum Gasteiger partial charge on any atom is -0.492 e. The molecule has 1 aromatic heterocycles. The average molecular weight is 493 g/mol. The SMILES string of the molecule is CN(Cc1ccc(OCCN2CCOCC2)cc1)C[C@@H](O)Cn1c(C(F)(F)F)nc2ccccc21. The van der Waals surface area contributed by atoms with Crippen LogP contribution in [0.3, 0.4) is 0 Å². The van der Waals surface area contributed by atoms with Crippen molar-refractivity contribution in [3.05, 3.63) is 59.9 Å². The number of aliphatic hydroxyl groups is 1. The van der Waals surface area contributed by atoms with Crippen molar-refractivity contribution in [3.8, 4) is 5.75 Å². The molecule has 0 spiro atoms. The first-order valence-corrected chi connectivity index (χ1v) is 11.7. The van der Waals surface area contributed by atoms with Crippen LogP contribution in [0, 0.1) is 0 Å². The van der Waals surface area contributed by atoms with E-state index in [9.17, 15) is 18.3 Å². The Hall–Kier alpha value is -2.66. The summed E-state index contributed by atoms with van der Waals surface area (Å²) in [6.45, 7) is 5.39. The molecule has 190 valence electrons. The first-order valence-electron chi connectivity index (χ1n) is 11.7. The van der Waals surface area contributed by atoms with Gasteiger partial charge in [-0.2, -0.15) is 13.2 Å². The van der Waals surface area contributed by atoms with Gasteiger partial charge in [-0.1, -0.05) is 24.3 Å². The lowest BCUT2D eigenvalue weighted by Crippen LogP contribution is -2.38. The molecule has 4 rings (SSSR count). The maximum Gasteiger partial charge on any atom is 0.449 e. The van der Waals surface area contributed by atoms with Crippen LogP contribution in [0.15, 0.2) is 48.5 Å². The predicted octanol–water partition coefficient (Wildman–Crippen LogP) is 3.26. The number of aliphatic hydroxyl groups excluding tert-OH is 1. The zero-order valence-electron chi connectivity index (χ0n) is 19.7. The second-order valence-corrected chi connectivity index (χ2v) is 8.83. The average Bonchev–Trinajstić information content (AvgIpc) is 3.20. The van der Waals surface area contributed by atoms with Gasteiger partial charge in [-0.05, 0) is 36.9 Å². The molecule has 0 amide bonds. The molecular formula is C25H31F3N4O3. The molecule has 35 heavy (non-hydrogen) atoms. The van der Waals surface area contributed by atoms with Crippen molar-refractivity contribution in [3.63, 3.8) is 0 Å². The van der Waals surface area contributed by atoms with Crippen LogP contribution in [0.1, 0.15) is 11.4 Å². The Morgan fingerprint density at radius 3 is 2.54 bits per heavy atom. The van der Waals surface area contributed by atoms with Gasteiger partial charge < -0.3 is 19.1 Å². The van der Waals surface area contributed by atoms with Gasteiger partial charge in [0, 0.05) is 32.7 Å². The van der Waals surface area contributed by atoms with E-state index in [-0.39, 0.29) is 18.6 Å². The number of alkyl halides is 3. The first-order chi connectivity index (χ1) is 16.8. The van der Waals surface area contributed by atoms with Crippen molar-refractivity contribution in [1.29, 1.82) is 0 Å². The molecule has 2 aromatic carbocycles. The van der Waals surface area contributed by atoms with Crippen LogP contribution in [-0.2, 0) is 24.0 Å². The smallest absolute Gasteiger partial charge is 0.449 e. The molecule has 2 heterocycles. The van der Waals surface area contributed by atoms with Crippen LogP contribution < -0.4 is 4.74 Å². The monoisotopic (exact) mass is 492 g/mol. The fourth-order valence-electron chi connectivity index (χ4n) is 4.29. The maximum atomic E-state index is 13.5. The molecule has 1 atom stereocenters. The number of imidazole rings is 1. The van der Waals surface area contributed by atoms with Crippen LogP contribution in [0.2, 0.25) is 0 Å². The molecule has 0 bridgehead atoms. The quantitative estimate of drug-likeness (QED) is 0.469. The lowest BCUT2D eigenvalue weighted by atomic mass is 10.2. The maximum absolute atomic E-state index is 13.5.